The van der Waals surface area contributed by atoms with Crippen LogP contribution in [0.2, 0.25) is 0 Å². The first-order valence-corrected chi connectivity index (χ1v) is 7.70. The maximum atomic E-state index is 10.2. The summed E-state index contributed by atoms with van der Waals surface area (Å²) in [6.45, 7) is 12.9. The van der Waals surface area contributed by atoms with Crippen molar-refractivity contribution in [1.29, 1.82) is 0 Å². The average molecular weight is 258 g/mol. The SMILES string of the molecule is CCCCC(C)(CCCC)[C@@H](C)[C@H](O)OC(C)C. The molecule has 2 heteroatoms. The lowest BCUT2D eigenvalue weighted by Crippen LogP contribution is -2.37. The maximum absolute atomic E-state index is 10.2. The van der Waals surface area contributed by atoms with Gasteiger partial charge in [-0.2, -0.15) is 0 Å². The summed E-state index contributed by atoms with van der Waals surface area (Å²) >= 11 is 0. The van der Waals surface area contributed by atoms with E-state index in [9.17, 15) is 5.11 Å². The molecule has 0 unspecified atom stereocenters. The molecule has 0 aromatic rings. The molecule has 110 valence electrons. The van der Waals surface area contributed by atoms with Crippen LogP contribution in [0.25, 0.3) is 0 Å². The van der Waals surface area contributed by atoms with Crippen molar-refractivity contribution in [2.75, 3.05) is 0 Å². The number of ether oxygens (including phenoxy) is 1. The van der Waals surface area contributed by atoms with Crippen molar-refractivity contribution in [3.05, 3.63) is 0 Å². The predicted octanol–water partition coefficient (Wildman–Crippen LogP) is 4.75. The van der Waals surface area contributed by atoms with Crippen LogP contribution in [0.5, 0.6) is 0 Å². The molecule has 0 aromatic heterocycles. The maximum Gasteiger partial charge on any atom is 0.157 e. The lowest BCUT2D eigenvalue weighted by molar-refractivity contribution is -0.178. The van der Waals surface area contributed by atoms with E-state index in [4.69, 9.17) is 4.74 Å². The number of hydrogen-bond donors (Lipinski definition) is 1. The van der Waals surface area contributed by atoms with Gasteiger partial charge in [-0.05, 0) is 32.1 Å². The lowest BCUT2D eigenvalue weighted by Gasteiger charge is -2.39. The first-order chi connectivity index (χ1) is 8.37. The standard InChI is InChI=1S/C16H34O2/c1-7-9-11-16(6,12-10-8-2)14(5)15(17)18-13(3)4/h13-15,17H,7-12H2,1-6H3/t14-,15+/m0/s1. The summed E-state index contributed by atoms with van der Waals surface area (Å²) < 4.78 is 5.57. The molecule has 0 radical (unpaired) electrons. The smallest absolute Gasteiger partial charge is 0.157 e. The molecule has 1 N–H and O–H groups in total. The fourth-order valence-corrected chi connectivity index (χ4v) is 2.48. The highest BCUT2D eigenvalue weighted by atomic mass is 16.6. The molecule has 18 heavy (non-hydrogen) atoms. The minimum absolute atomic E-state index is 0.0871. The van der Waals surface area contributed by atoms with Crippen LogP contribution in [0.1, 0.15) is 80.1 Å². The Labute approximate surface area is 114 Å². The number of unbranched alkanes of at least 4 members (excludes halogenated alkanes) is 2. The summed E-state index contributed by atoms with van der Waals surface area (Å²) in [7, 11) is 0. The Kier molecular flexibility index (Phi) is 8.89. The summed E-state index contributed by atoms with van der Waals surface area (Å²) in [6, 6.07) is 0. The van der Waals surface area contributed by atoms with Crippen molar-refractivity contribution in [2.24, 2.45) is 11.3 Å². The lowest BCUT2D eigenvalue weighted by atomic mass is 9.70. The van der Waals surface area contributed by atoms with Gasteiger partial charge in [-0.3, -0.25) is 0 Å². The van der Waals surface area contributed by atoms with Gasteiger partial charge >= 0.3 is 0 Å². The normalized spacial score (nSPS) is 16.0. The first-order valence-electron chi connectivity index (χ1n) is 7.70. The molecule has 0 spiro atoms. The van der Waals surface area contributed by atoms with E-state index in [1.165, 1.54) is 38.5 Å². The molecule has 2 atom stereocenters. The summed E-state index contributed by atoms with van der Waals surface area (Å²) in [5, 5.41) is 10.2. The van der Waals surface area contributed by atoms with E-state index in [1.54, 1.807) is 0 Å². The van der Waals surface area contributed by atoms with Crippen molar-refractivity contribution in [2.45, 2.75) is 92.5 Å². The third-order valence-corrected chi connectivity index (χ3v) is 4.14. The molecule has 0 aromatic carbocycles. The van der Waals surface area contributed by atoms with E-state index in [0.717, 1.165) is 0 Å². The zero-order valence-corrected chi connectivity index (χ0v) is 13.3. The van der Waals surface area contributed by atoms with Crippen LogP contribution >= 0.6 is 0 Å². The summed E-state index contributed by atoms with van der Waals surface area (Å²) in [6.07, 6.45) is 6.72. The zero-order chi connectivity index (χ0) is 14.2. The Bertz CT molecular complexity index is 193. The minimum atomic E-state index is -0.635. The summed E-state index contributed by atoms with van der Waals surface area (Å²) in [5.74, 6) is 0.193. The van der Waals surface area contributed by atoms with Crippen molar-refractivity contribution in [3.63, 3.8) is 0 Å². The third-order valence-electron chi connectivity index (χ3n) is 4.14. The highest BCUT2D eigenvalue weighted by Gasteiger charge is 2.35. The van der Waals surface area contributed by atoms with E-state index in [0.29, 0.717) is 0 Å². The third kappa shape index (κ3) is 6.19. The second-order valence-corrected chi connectivity index (χ2v) is 6.23. The van der Waals surface area contributed by atoms with E-state index in [2.05, 4.69) is 27.7 Å². The van der Waals surface area contributed by atoms with Crippen LogP contribution in [0.3, 0.4) is 0 Å². The van der Waals surface area contributed by atoms with Gasteiger partial charge < -0.3 is 9.84 Å². The molecule has 0 aliphatic rings. The van der Waals surface area contributed by atoms with Crippen molar-refractivity contribution in [1.82, 2.24) is 0 Å². The van der Waals surface area contributed by atoms with Crippen LogP contribution in [0, 0.1) is 11.3 Å². The van der Waals surface area contributed by atoms with Gasteiger partial charge in [0.25, 0.3) is 0 Å². The van der Waals surface area contributed by atoms with Gasteiger partial charge in [-0.15, -0.1) is 0 Å². The second kappa shape index (κ2) is 8.92. The van der Waals surface area contributed by atoms with Gasteiger partial charge in [0, 0.05) is 5.92 Å². The molecule has 0 heterocycles. The topological polar surface area (TPSA) is 29.5 Å². The second-order valence-electron chi connectivity index (χ2n) is 6.23. The van der Waals surface area contributed by atoms with Gasteiger partial charge in [-0.25, -0.2) is 0 Å². The van der Waals surface area contributed by atoms with E-state index < -0.39 is 6.29 Å². The molecule has 0 saturated heterocycles. The summed E-state index contributed by atoms with van der Waals surface area (Å²) in [5.41, 5.74) is 0.195. The fraction of sp³-hybridized carbons (Fsp3) is 1.00. The van der Waals surface area contributed by atoms with Gasteiger partial charge in [-0.1, -0.05) is 53.4 Å². The van der Waals surface area contributed by atoms with E-state index in [-0.39, 0.29) is 17.4 Å². The highest BCUT2D eigenvalue weighted by molar-refractivity contribution is 4.82. The molecule has 0 bridgehead atoms. The quantitative estimate of drug-likeness (QED) is 0.573. The van der Waals surface area contributed by atoms with Crippen molar-refractivity contribution >= 4 is 0 Å². The Morgan fingerprint density at radius 3 is 1.78 bits per heavy atom. The van der Waals surface area contributed by atoms with Crippen LogP contribution < -0.4 is 0 Å². The van der Waals surface area contributed by atoms with Crippen LogP contribution in [0.15, 0.2) is 0 Å². The molecule has 0 rings (SSSR count). The van der Waals surface area contributed by atoms with Crippen LogP contribution in [-0.2, 0) is 4.74 Å². The van der Waals surface area contributed by atoms with E-state index in [1.807, 2.05) is 13.8 Å². The van der Waals surface area contributed by atoms with Crippen LogP contribution in [0.4, 0.5) is 0 Å². The number of hydrogen-bond acceptors (Lipinski definition) is 2. The molecule has 0 fully saturated rings. The molecular formula is C16H34O2. The fourth-order valence-electron chi connectivity index (χ4n) is 2.48. The van der Waals surface area contributed by atoms with Gasteiger partial charge in [0.05, 0.1) is 6.10 Å². The Morgan fingerprint density at radius 1 is 1.00 bits per heavy atom. The molecular weight excluding hydrogens is 224 g/mol. The first kappa shape index (κ1) is 17.9. The Morgan fingerprint density at radius 2 is 1.44 bits per heavy atom. The number of aliphatic hydroxyl groups is 1. The minimum Gasteiger partial charge on any atom is -0.368 e. The molecule has 0 amide bonds. The van der Waals surface area contributed by atoms with E-state index >= 15 is 0 Å². The predicted molar refractivity (Wildman–Crippen MR) is 78.5 cm³/mol. The monoisotopic (exact) mass is 258 g/mol. The van der Waals surface area contributed by atoms with Gasteiger partial charge in [0.15, 0.2) is 6.29 Å². The molecule has 0 saturated carbocycles. The Hall–Kier alpha value is -0.0800. The summed E-state index contributed by atoms with van der Waals surface area (Å²) in [4.78, 5) is 0. The molecule has 0 aliphatic heterocycles. The van der Waals surface area contributed by atoms with Crippen molar-refractivity contribution in [3.8, 4) is 0 Å². The average Bonchev–Trinajstić information content (AvgIpc) is 2.32. The van der Waals surface area contributed by atoms with Gasteiger partial charge in [0.1, 0.15) is 0 Å². The van der Waals surface area contributed by atoms with Crippen molar-refractivity contribution < 1.29 is 9.84 Å². The highest BCUT2D eigenvalue weighted by Crippen LogP contribution is 2.40. The largest absolute Gasteiger partial charge is 0.368 e. The Balaban J connectivity index is 4.59. The molecule has 0 aliphatic carbocycles. The molecule has 2 nitrogen and oxygen atoms in total. The zero-order valence-electron chi connectivity index (χ0n) is 13.3. The number of rotatable bonds is 10. The van der Waals surface area contributed by atoms with Crippen LogP contribution in [-0.4, -0.2) is 17.5 Å². The number of aliphatic hydroxyl groups excluding tert-OH is 1. The van der Waals surface area contributed by atoms with Gasteiger partial charge in [0.2, 0.25) is 0 Å².